The molecule has 0 aliphatic heterocycles. The standard InChI is InChI=1S/C11H11O.C9H7.C2H4.2ClH.Zr/c12-6-5-9-7-10-3-1-2-4-11(10)8-9;1-2-5-9-7-3-6-8(9)4-1;1-2;;;/h1-4,7-8,12H,5-6H2;1-7H;1H,2H3;2*1H;/q2*-1;;;;+2/p-2. The average Bonchev–Trinajstić information content (AvgIpc) is 3.29. The van der Waals surface area contributed by atoms with Crippen molar-refractivity contribution in [2.45, 2.75) is 13.3 Å². The summed E-state index contributed by atoms with van der Waals surface area (Å²) in [5.74, 6) is 0. The number of hydrogen-bond donors (Lipinski definition) is 1. The zero-order chi connectivity index (χ0) is 18.8. The number of benzene rings is 2. The first-order chi connectivity index (χ1) is 12.6. The molecule has 0 radical (unpaired) electrons. The van der Waals surface area contributed by atoms with E-state index in [0.717, 1.165) is 6.42 Å². The van der Waals surface area contributed by atoms with Crippen molar-refractivity contribution in [3.63, 3.8) is 0 Å². The van der Waals surface area contributed by atoms with E-state index < -0.39 is 18.9 Å². The number of aliphatic hydroxyl groups is 1. The molecule has 0 fully saturated rings. The first-order valence-electron chi connectivity index (χ1n) is 8.47. The molecule has 136 valence electrons. The minimum Gasteiger partial charge on any atom is -0.396 e. The second kappa shape index (κ2) is 11.6. The van der Waals surface area contributed by atoms with E-state index in [4.69, 9.17) is 22.1 Å². The summed E-state index contributed by atoms with van der Waals surface area (Å²) in [6, 6.07) is 27.2. The van der Waals surface area contributed by atoms with Gasteiger partial charge in [0.05, 0.1) is 0 Å². The third-order valence-corrected chi connectivity index (χ3v) is 7.50. The van der Waals surface area contributed by atoms with Gasteiger partial charge < -0.3 is 5.11 Å². The number of hydrogen-bond acceptors (Lipinski definition) is 1. The molecule has 1 N–H and O–H groups in total. The predicted molar refractivity (Wildman–Crippen MR) is 113 cm³/mol. The van der Waals surface area contributed by atoms with Gasteiger partial charge in [0, 0.05) is 6.61 Å². The van der Waals surface area contributed by atoms with Gasteiger partial charge in [-0.25, -0.2) is 0 Å². The molecule has 1 nitrogen and oxygen atoms in total. The molecule has 0 saturated carbocycles. The third kappa shape index (κ3) is 6.93. The van der Waals surface area contributed by atoms with E-state index >= 15 is 0 Å². The fourth-order valence-electron chi connectivity index (χ4n) is 2.56. The predicted octanol–water partition coefficient (Wildman–Crippen LogP) is 6.39. The maximum Gasteiger partial charge on any atom is 0.0455 e. The topological polar surface area (TPSA) is 20.2 Å². The molecule has 4 rings (SSSR count). The Hall–Kier alpha value is -1.05. The molecule has 0 atom stereocenters. The van der Waals surface area contributed by atoms with Gasteiger partial charge in [0.2, 0.25) is 0 Å². The molecule has 4 aromatic carbocycles. The Bertz CT molecular complexity index is 886. The molecule has 4 heteroatoms. The van der Waals surface area contributed by atoms with E-state index in [9.17, 15) is 0 Å². The molecule has 0 unspecified atom stereocenters. The van der Waals surface area contributed by atoms with Gasteiger partial charge in [-0.15, -0.1) is 70.3 Å². The Labute approximate surface area is 169 Å². The Balaban J connectivity index is 0.000000154. The SMILES string of the molecule is C[CH]=[Zr]([Cl])[Cl].OCCc1cc2ccccc2[cH-]1.c1ccc2[cH-]ccc2c1. The van der Waals surface area contributed by atoms with Gasteiger partial charge in [0.15, 0.2) is 0 Å². The monoisotopic (exact) mass is 462 g/mol. The van der Waals surface area contributed by atoms with Crippen LogP contribution in [-0.2, 0) is 25.3 Å². The summed E-state index contributed by atoms with van der Waals surface area (Å²) in [6.45, 7) is 2.13. The van der Waals surface area contributed by atoms with Gasteiger partial charge in [0.1, 0.15) is 0 Å². The van der Waals surface area contributed by atoms with Crippen LogP contribution in [0.4, 0.5) is 0 Å². The van der Waals surface area contributed by atoms with Crippen LogP contribution in [0.15, 0.2) is 78.9 Å². The van der Waals surface area contributed by atoms with Gasteiger partial charge in [-0.3, -0.25) is 0 Å². The first-order valence-corrected chi connectivity index (χ1v) is 16.2. The number of aliphatic hydroxyl groups excluding tert-OH is 1. The van der Waals surface area contributed by atoms with Crippen molar-refractivity contribution in [3.05, 3.63) is 84.4 Å². The van der Waals surface area contributed by atoms with Crippen molar-refractivity contribution in [2.24, 2.45) is 0 Å². The molecule has 0 amide bonds. The van der Waals surface area contributed by atoms with Gasteiger partial charge in [-0.05, 0) is 6.42 Å². The van der Waals surface area contributed by atoms with Crippen molar-refractivity contribution in [2.75, 3.05) is 6.61 Å². The van der Waals surface area contributed by atoms with E-state index in [1.54, 1.807) is 0 Å². The summed E-state index contributed by atoms with van der Waals surface area (Å²) >= 11 is -1.76. The normalized spacial score (nSPS) is 9.85. The maximum atomic E-state index is 8.74. The first kappa shape index (κ1) is 21.3. The Morgan fingerprint density at radius 1 is 0.962 bits per heavy atom. The zero-order valence-electron chi connectivity index (χ0n) is 14.7. The van der Waals surface area contributed by atoms with Crippen LogP contribution in [-0.4, -0.2) is 15.4 Å². The fraction of sp³-hybridized carbons (Fsp3) is 0.136. The van der Waals surface area contributed by atoms with Gasteiger partial charge in [0.25, 0.3) is 0 Å². The molecule has 0 heterocycles. The van der Waals surface area contributed by atoms with Crippen LogP contribution >= 0.6 is 17.0 Å². The van der Waals surface area contributed by atoms with Gasteiger partial charge in [-0.1, -0.05) is 12.1 Å². The van der Waals surface area contributed by atoms with Crippen LogP contribution in [0.1, 0.15) is 12.5 Å². The molecule has 4 aromatic rings. The molecular weight excluding hydrogens is 442 g/mol. The van der Waals surface area contributed by atoms with Gasteiger partial charge >= 0.3 is 46.5 Å². The molecule has 0 aliphatic rings. The molecule has 0 saturated heterocycles. The largest absolute Gasteiger partial charge is 0.396 e. The van der Waals surface area contributed by atoms with Gasteiger partial charge in [-0.2, -0.15) is 23.6 Å². The van der Waals surface area contributed by atoms with Crippen LogP contribution in [0.2, 0.25) is 0 Å². The summed E-state index contributed by atoms with van der Waals surface area (Å²) in [4.78, 5) is 0. The molecule has 0 bridgehead atoms. The number of halogens is 2. The summed E-state index contributed by atoms with van der Waals surface area (Å²) in [7, 11) is 10.7. The molecular formula is C22H22Cl2OZr-2. The van der Waals surface area contributed by atoms with Crippen molar-refractivity contribution in [3.8, 4) is 0 Å². The van der Waals surface area contributed by atoms with Crippen LogP contribution in [0, 0.1) is 0 Å². The maximum absolute atomic E-state index is 8.74. The van der Waals surface area contributed by atoms with E-state index in [0.29, 0.717) is 0 Å². The second-order valence-electron chi connectivity index (χ2n) is 5.70. The third-order valence-electron chi connectivity index (χ3n) is 3.84. The Kier molecular flexibility index (Phi) is 9.50. The smallest absolute Gasteiger partial charge is 0.0455 e. The molecule has 0 aliphatic carbocycles. The van der Waals surface area contributed by atoms with Crippen molar-refractivity contribution in [1.29, 1.82) is 0 Å². The van der Waals surface area contributed by atoms with Crippen LogP contribution in [0.3, 0.4) is 0 Å². The van der Waals surface area contributed by atoms with Crippen LogP contribution < -0.4 is 0 Å². The number of fused-ring (bicyclic) bond motifs is 2. The zero-order valence-corrected chi connectivity index (χ0v) is 18.7. The van der Waals surface area contributed by atoms with E-state index in [2.05, 4.69) is 66.7 Å². The number of rotatable bonds is 2. The average molecular weight is 465 g/mol. The van der Waals surface area contributed by atoms with Crippen molar-refractivity contribution in [1.82, 2.24) is 0 Å². The molecule has 0 spiro atoms. The second-order valence-corrected chi connectivity index (χ2v) is 14.5. The van der Waals surface area contributed by atoms with Crippen LogP contribution in [0.5, 0.6) is 0 Å². The fourth-order valence-corrected chi connectivity index (χ4v) is 2.56. The summed E-state index contributed by atoms with van der Waals surface area (Å²) in [5, 5.41) is 13.9. The minimum absolute atomic E-state index is 0.232. The summed E-state index contributed by atoms with van der Waals surface area (Å²) in [6.07, 6.45) is 0.759. The quantitative estimate of drug-likeness (QED) is 0.341. The molecule has 26 heavy (non-hydrogen) atoms. The van der Waals surface area contributed by atoms with Crippen molar-refractivity contribution < 1.29 is 24.0 Å². The Morgan fingerprint density at radius 3 is 2.15 bits per heavy atom. The molecule has 0 aromatic heterocycles. The minimum atomic E-state index is -1.76. The van der Waals surface area contributed by atoms with Crippen molar-refractivity contribution >= 4 is 42.3 Å². The van der Waals surface area contributed by atoms with E-state index in [-0.39, 0.29) is 6.61 Å². The Morgan fingerprint density at radius 2 is 1.58 bits per heavy atom. The van der Waals surface area contributed by atoms with Crippen LogP contribution in [0.25, 0.3) is 21.5 Å². The van der Waals surface area contributed by atoms with E-state index in [1.165, 1.54) is 27.1 Å². The van der Waals surface area contributed by atoms with E-state index in [1.807, 2.05) is 22.8 Å². The summed E-state index contributed by atoms with van der Waals surface area (Å²) < 4.78 is 1.89. The summed E-state index contributed by atoms with van der Waals surface area (Å²) in [5.41, 5.74) is 1.22.